The van der Waals surface area contributed by atoms with E-state index in [-0.39, 0.29) is 11.3 Å². The van der Waals surface area contributed by atoms with Crippen molar-refractivity contribution in [3.05, 3.63) is 22.2 Å². The molecule has 0 aliphatic heterocycles. The first-order chi connectivity index (χ1) is 6.57. The average Bonchev–Trinajstić information content (AvgIpc) is 2.89. The van der Waals surface area contributed by atoms with Gasteiger partial charge in [0.2, 0.25) is 0 Å². The highest BCUT2D eigenvalue weighted by molar-refractivity contribution is 9.10. The third-order valence-electron chi connectivity index (χ3n) is 2.61. The van der Waals surface area contributed by atoms with Crippen LogP contribution in [-0.2, 0) is 5.54 Å². The maximum Gasteiger partial charge on any atom is 0.172 e. The van der Waals surface area contributed by atoms with Crippen LogP contribution in [0.4, 0.5) is 0 Å². The number of rotatable bonds is 2. The minimum atomic E-state index is -0.205. The van der Waals surface area contributed by atoms with Crippen LogP contribution in [0.5, 0.6) is 11.5 Å². The van der Waals surface area contributed by atoms with Gasteiger partial charge < -0.3 is 15.6 Å². The number of hydrogen-bond acceptors (Lipinski definition) is 3. The lowest BCUT2D eigenvalue weighted by Gasteiger charge is -2.13. The van der Waals surface area contributed by atoms with Crippen LogP contribution in [0.3, 0.4) is 0 Å². The molecule has 0 atom stereocenters. The summed E-state index contributed by atoms with van der Waals surface area (Å²) >= 11 is 3.27. The molecule has 1 aromatic rings. The zero-order chi connectivity index (χ0) is 10.3. The maximum absolute atomic E-state index is 9.60. The van der Waals surface area contributed by atoms with Gasteiger partial charge >= 0.3 is 0 Å². The third kappa shape index (κ3) is 1.48. The van der Waals surface area contributed by atoms with E-state index in [1.54, 1.807) is 6.07 Å². The molecule has 1 fully saturated rings. The maximum atomic E-state index is 9.60. The molecule has 1 aromatic carbocycles. The summed E-state index contributed by atoms with van der Waals surface area (Å²) in [6, 6.07) is 3.65. The highest BCUT2D eigenvalue weighted by atomic mass is 79.9. The summed E-state index contributed by atoms with van der Waals surface area (Å²) in [7, 11) is 1.53. The van der Waals surface area contributed by atoms with Gasteiger partial charge in [-0.15, -0.1) is 0 Å². The lowest BCUT2D eigenvalue weighted by Crippen LogP contribution is -2.18. The number of hydrogen-bond donors (Lipinski definition) is 2. The molecule has 3 nitrogen and oxygen atoms in total. The van der Waals surface area contributed by atoms with Crippen LogP contribution < -0.4 is 10.5 Å². The van der Waals surface area contributed by atoms with Crippen LogP contribution in [0.15, 0.2) is 16.6 Å². The van der Waals surface area contributed by atoms with Gasteiger partial charge in [-0.2, -0.15) is 0 Å². The summed E-state index contributed by atoms with van der Waals surface area (Å²) in [5.74, 6) is 0.589. The van der Waals surface area contributed by atoms with Crippen molar-refractivity contribution >= 4 is 15.9 Å². The van der Waals surface area contributed by atoms with Gasteiger partial charge in [0.25, 0.3) is 0 Å². The second-order valence-electron chi connectivity index (χ2n) is 3.67. The van der Waals surface area contributed by atoms with E-state index in [2.05, 4.69) is 15.9 Å². The van der Waals surface area contributed by atoms with E-state index in [1.165, 1.54) is 7.11 Å². The highest BCUT2D eigenvalue weighted by Crippen LogP contribution is 2.47. The standard InChI is InChI=1S/C10H12BrNO2/c1-14-8-5-6(10(12)2-3-10)4-7(11)9(8)13/h4-5,13H,2-3,12H2,1H3. The molecule has 0 heterocycles. The van der Waals surface area contributed by atoms with E-state index < -0.39 is 0 Å². The fraction of sp³-hybridized carbons (Fsp3) is 0.400. The molecule has 3 N–H and O–H groups in total. The molecule has 0 saturated heterocycles. The average molecular weight is 258 g/mol. The van der Waals surface area contributed by atoms with Crippen molar-refractivity contribution in [1.29, 1.82) is 0 Å². The first-order valence-corrected chi connectivity index (χ1v) is 5.22. The first kappa shape index (κ1) is 9.80. The number of benzene rings is 1. The van der Waals surface area contributed by atoms with Gasteiger partial charge in [0.15, 0.2) is 11.5 Å². The fourth-order valence-corrected chi connectivity index (χ4v) is 1.88. The Morgan fingerprint density at radius 3 is 2.64 bits per heavy atom. The van der Waals surface area contributed by atoms with Crippen LogP contribution in [0.25, 0.3) is 0 Å². The van der Waals surface area contributed by atoms with E-state index in [4.69, 9.17) is 10.5 Å². The van der Waals surface area contributed by atoms with Crippen molar-refractivity contribution in [2.24, 2.45) is 5.73 Å². The number of aromatic hydroxyl groups is 1. The monoisotopic (exact) mass is 257 g/mol. The summed E-state index contributed by atoms with van der Waals surface area (Å²) in [5, 5.41) is 9.60. The largest absolute Gasteiger partial charge is 0.503 e. The number of ether oxygens (including phenoxy) is 1. The molecular formula is C10H12BrNO2. The molecule has 1 saturated carbocycles. The van der Waals surface area contributed by atoms with Gasteiger partial charge in [-0.1, -0.05) is 0 Å². The molecule has 0 bridgehead atoms. The van der Waals surface area contributed by atoms with Crippen molar-refractivity contribution < 1.29 is 9.84 Å². The quantitative estimate of drug-likeness (QED) is 0.854. The molecule has 0 spiro atoms. The number of phenols is 1. The number of methoxy groups -OCH3 is 1. The second kappa shape index (κ2) is 3.14. The minimum absolute atomic E-state index is 0.125. The summed E-state index contributed by atoms with van der Waals surface area (Å²) in [4.78, 5) is 0. The van der Waals surface area contributed by atoms with E-state index in [0.29, 0.717) is 10.2 Å². The predicted molar refractivity (Wildman–Crippen MR) is 57.5 cm³/mol. The Morgan fingerprint density at radius 1 is 1.50 bits per heavy atom. The van der Waals surface area contributed by atoms with Crippen molar-refractivity contribution in [2.45, 2.75) is 18.4 Å². The van der Waals surface area contributed by atoms with Crippen LogP contribution >= 0.6 is 15.9 Å². The van der Waals surface area contributed by atoms with Crippen molar-refractivity contribution in [1.82, 2.24) is 0 Å². The number of halogens is 1. The number of nitrogens with two attached hydrogens (primary N) is 1. The van der Waals surface area contributed by atoms with Crippen molar-refractivity contribution in [3.8, 4) is 11.5 Å². The summed E-state index contributed by atoms with van der Waals surface area (Å²) in [6.45, 7) is 0. The topological polar surface area (TPSA) is 55.5 Å². The Labute approximate surface area is 91.0 Å². The fourth-order valence-electron chi connectivity index (χ4n) is 1.44. The zero-order valence-electron chi connectivity index (χ0n) is 7.88. The molecule has 1 aliphatic rings. The van der Waals surface area contributed by atoms with E-state index in [9.17, 15) is 5.11 Å². The van der Waals surface area contributed by atoms with E-state index in [0.717, 1.165) is 18.4 Å². The molecular weight excluding hydrogens is 246 g/mol. The van der Waals surface area contributed by atoms with E-state index in [1.807, 2.05) is 6.07 Å². The van der Waals surface area contributed by atoms with Gasteiger partial charge in [0.1, 0.15) is 0 Å². The molecule has 0 amide bonds. The van der Waals surface area contributed by atoms with Crippen molar-refractivity contribution in [2.75, 3.05) is 7.11 Å². The molecule has 0 aromatic heterocycles. The lowest BCUT2D eigenvalue weighted by molar-refractivity contribution is 0.371. The Kier molecular flexibility index (Phi) is 2.20. The molecule has 0 unspecified atom stereocenters. The molecule has 4 heteroatoms. The molecule has 0 radical (unpaired) electrons. The highest BCUT2D eigenvalue weighted by Gasteiger charge is 2.40. The zero-order valence-corrected chi connectivity index (χ0v) is 9.47. The smallest absolute Gasteiger partial charge is 0.172 e. The lowest BCUT2D eigenvalue weighted by atomic mass is 10.1. The molecule has 2 rings (SSSR count). The summed E-state index contributed by atoms with van der Waals surface area (Å²) in [6.07, 6.45) is 1.99. The summed E-state index contributed by atoms with van der Waals surface area (Å²) < 4.78 is 5.68. The van der Waals surface area contributed by atoms with Crippen LogP contribution in [0.1, 0.15) is 18.4 Å². The Bertz CT molecular complexity index is 375. The Hall–Kier alpha value is -0.740. The van der Waals surface area contributed by atoms with Crippen LogP contribution in [0.2, 0.25) is 0 Å². The van der Waals surface area contributed by atoms with Crippen LogP contribution in [-0.4, -0.2) is 12.2 Å². The normalized spacial score (nSPS) is 17.9. The second-order valence-corrected chi connectivity index (χ2v) is 4.52. The summed E-state index contributed by atoms with van der Waals surface area (Å²) in [5.41, 5.74) is 6.86. The predicted octanol–water partition coefficient (Wildman–Crippen LogP) is 2.11. The Morgan fingerprint density at radius 2 is 2.14 bits per heavy atom. The molecule has 76 valence electrons. The third-order valence-corrected chi connectivity index (χ3v) is 3.22. The van der Waals surface area contributed by atoms with Gasteiger partial charge in [-0.05, 0) is 46.5 Å². The van der Waals surface area contributed by atoms with Gasteiger partial charge in [-0.3, -0.25) is 0 Å². The SMILES string of the molecule is COc1cc(C2(N)CC2)cc(Br)c1O. The molecule has 14 heavy (non-hydrogen) atoms. The Balaban J connectivity index is 2.48. The first-order valence-electron chi connectivity index (χ1n) is 4.43. The van der Waals surface area contributed by atoms with Gasteiger partial charge in [0.05, 0.1) is 11.6 Å². The number of phenolic OH excluding ortho intramolecular Hbond substituents is 1. The molecule has 1 aliphatic carbocycles. The van der Waals surface area contributed by atoms with Crippen molar-refractivity contribution in [3.63, 3.8) is 0 Å². The van der Waals surface area contributed by atoms with Gasteiger partial charge in [0, 0.05) is 5.54 Å². The van der Waals surface area contributed by atoms with E-state index >= 15 is 0 Å². The van der Waals surface area contributed by atoms with Crippen LogP contribution in [0, 0.1) is 0 Å². The minimum Gasteiger partial charge on any atom is -0.503 e. The van der Waals surface area contributed by atoms with Gasteiger partial charge in [-0.25, -0.2) is 0 Å².